The van der Waals surface area contributed by atoms with Gasteiger partial charge in [0.1, 0.15) is 0 Å². The summed E-state index contributed by atoms with van der Waals surface area (Å²) in [5.74, 6) is 0.301. The molecule has 0 heterocycles. The number of rotatable bonds is 25. The number of ether oxygens (including phenoxy) is 6. The van der Waals surface area contributed by atoms with Crippen LogP contribution in [0.4, 0.5) is 0 Å². The van der Waals surface area contributed by atoms with Crippen molar-refractivity contribution in [2.45, 2.75) is 105 Å². The van der Waals surface area contributed by atoms with Gasteiger partial charge in [-0.3, -0.25) is 0 Å². The van der Waals surface area contributed by atoms with Gasteiger partial charge in [-0.15, -0.1) is 0 Å². The van der Waals surface area contributed by atoms with Gasteiger partial charge in [0.05, 0.1) is 39.6 Å². The summed E-state index contributed by atoms with van der Waals surface area (Å²) in [6, 6.07) is 0. The van der Waals surface area contributed by atoms with Gasteiger partial charge in [0.25, 0.3) is 11.9 Å². The van der Waals surface area contributed by atoms with Crippen LogP contribution in [0.1, 0.15) is 92.9 Å². The molecule has 0 aliphatic carbocycles. The van der Waals surface area contributed by atoms with Crippen molar-refractivity contribution in [2.24, 2.45) is 0 Å². The van der Waals surface area contributed by atoms with Gasteiger partial charge >= 0.3 is 0 Å². The molecule has 0 aromatic rings. The molecule has 194 valence electrons. The summed E-state index contributed by atoms with van der Waals surface area (Å²) in [5, 5.41) is 0. The lowest BCUT2D eigenvalue weighted by molar-refractivity contribution is -0.382. The van der Waals surface area contributed by atoms with E-state index in [9.17, 15) is 0 Å². The largest absolute Gasteiger partial charge is 0.327 e. The van der Waals surface area contributed by atoms with Crippen molar-refractivity contribution in [1.29, 1.82) is 0 Å². The summed E-state index contributed by atoms with van der Waals surface area (Å²) < 4.78 is 35.6. The Morgan fingerprint density at radius 2 is 0.719 bits per heavy atom. The summed E-state index contributed by atoms with van der Waals surface area (Å²) in [6.07, 6.45) is 7.12. The third-order valence-electron chi connectivity index (χ3n) is 4.44. The van der Waals surface area contributed by atoms with Crippen LogP contribution in [0.3, 0.4) is 0 Å². The average Bonchev–Trinajstić information content (AvgIpc) is 2.83. The summed E-state index contributed by atoms with van der Waals surface area (Å²) in [6.45, 7) is 16.4. The van der Waals surface area contributed by atoms with Crippen LogP contribution in [-0.2, 0) is 28.4 Å². The van der Waals surface area contributed by atoms with Gasteiger partial charge in [-0.2, -0.15) is 0 Å². The van der Waals surface area contributed by atoms with E-state index in [1.165, 1.54) is 0 Å². The average molecular weight is 499 g/mol. The van der Waals surface area contributed by atoms with E-state index in [0.717, 1.165) is 50.0 Å². The van der Waals surface area contributed by atoms with Gasteiger partial charge < -0.3 is 28.4 Å². The van der Waals surface area contributed by atoms with Crippen LogP contribution in [0.25, 0.3) is 0 Å². The molecule has 0 fully saturated rings. The minimum Gasteiger partial charge on any atom is -0.327 e. The van der Waals surface area contributed by atoms with Crippen molar-refractivity contribution in [1.82, 2.24) is 0 Å². The van der Waals surface area contributed by atoms with Crippen molar-refractivity contribution in [3.63, 3.8) is 0 Å². The molecule has 6 nitrogen and oxygen atoms in total. The lowest BCUT2D eigenvalue weighted by Gasteiger charge is -2.32. The highest BCUT2D eigenvalue weighted by Gasteiger charge is 2.31. The normalized spacial score (nSPS) is 12.6. The lowest BCUT2D eigenvalue weighted by atomic mass is 10.4. The minimum atomic E-state index is -0.882. The van der Waals surface area contributed by atoms with E-state index in [1.54, 1.807) is 0 Å². The molecule has 0 atom stereocenters. The molecule has 8 heteroatoms. The first-order valence-electron chi connectivity index (χ1n) is 12.7. The molecule has 0 aromatic carbocycles. The summed E-state index contributed by atoms with van der Waals surface area (Å²) in [4.78, 5) is 0. The Hall–Kier alpha value is 0.460. The first-order valence-corrected chi connectivity index (χ1v) is 15.1. The molecule has 0 saturated heterocycles. The van der Waals surface area contributed by atoms with Crippen molar-refractivity contribution < 1.29 is 28.4 Å². The van der Waals surface area contributed by atoms with E-state index < -0.39 is 11.9 Å². The molecule has 0 spiro atoms. The zero-order valence-corrected chi connectivity index (χ0v) is 23.2. The molecule has 0 unspecified atom stereocenters. The van der Waals surface area contributed by atoms with Crippen LogP contribution in [0.2, 0.25) is 0 Å². The second-order valence-corrected chi connectivity index (χ2v) is 10.2. The highest BCUT2D eigenvalue weighted by Crippen LogP contribution is 2.26. The Labute approximate surface area is 205 Å². The van der Waals surface area contributed by atoms with Crippen molar-refractivity contribution >= 4 is 21.6 Å². The smallest absolute Gasteiger partial charge is 0.282 e. The molecule has 32 heavy (non-hydrogen) atoms. The van der Waals surface area contributed by atoms with Crippen molar-refractivity contribution in [3.05, 3.63) is 0 Å². The number of hydrogen-bond donors (Lipinski definition) is 0. The van der Waals surface area contributed by atoms with E-state index in [4.69, 9.17) is 28.4 Å². The van der Waals surface area contributed by atoms with Gasteiger partial charge in [0.2, 0.25) is 0 Å². The monoisotopic (exact) mass is 498 g/mol. The fourth-order valence-electron chi connectivity index (χ4n) is 2.70. The summed E-state index contributed by atoms with van der Waals surface area (Å²) >= 11 is 0. The van der Waals surface area contributed by atoms with E-state index in [2.05, 4.69) is 27.7 Å². The Bertz CT molecular complexity index is 349. The highest BCUT2D eigenvalue weighted by atomic mass is 33.1. The molecule has 0 bridgehead atoms. The van der Waals surface area contributed by atoms with E-state index in [-0.39, 0.29) is 0 Å². The fourth-order valence-corrected chi connectivity index (χ4v) is 4.82. The Balaban J connectivity index is 4.03. The van der Waals surface area contributed by atoms with Crippen LogP contribution in [0.5, 0.6) is 0 Å². The van der Waals surface area contributed by atoms with Crippen LogP contribution >= 0.6 is 21.6 Å². The van der Waals surface area contributed by atoms with Crippen LogP contribution < -0.4 is 0 Å². The minimum absolute atomic E-state index is 0.639. The molecule has 0 rings (SSSR count). The highest BCUT2D eigenvalue weighted by molar-refractivity contribution is 8.76. The van der Waals surface area contributed by atoms with Gasteiger partial charge in [-0.1, -0.05) is 63.1 Å². The molecule has 0 saturated carbocycles. The maximum atomic E-state index is 6.03. The van der Waals surface area contributed by atoms with E-state index >= 15 is 0 Å². The summed E-state index contributed by atoms with van der Waals surface area (Å²) in [7, 11) is 3.75. The molecular formula is C24H50O6S2. The van der Waals surface area contributed by atoms with Gasteiger partial charge in [0, 0.05) is 24.3 Å². The second-order valence-electron chi connectivity index (χ2n) is 7.51. The molecule has 0 aliphatic rings. The molecule has 0 aromatic heterocycles. The summed E-state index contributed by atoms with van der Waals surface area (Å²) in [5.41, 5.74) is 0. The van der Waals surface area contributed by atoms with Gasteiger partial charge in [-0.25, -0.2) is 0 Å². The fraction of sp³-hybridized carbons (Fsp3) is 1.00. The van der Waals surface area contributed by atoms with Gasteiger partial charge in [0.15, 0.2) is 0 Å². The maximum absolute atomic E-state index is 6.03. The zero-order chi connectivity index (χ0) is 24.0. The quantitative estimate of drug-likeness (QED) is 0.0756. The van der Waals surface area contributed by atoms with Crippen LogP contribution in [0, 0.1) is 0 Å². The predicted molar refractivity (Wildman–Crippen MR) is 137 cm³/mol. The first kappa shape index (κ1) is 32.5. The first-order chi connectivity index (χ1) is 15.6. The van der Waals surface area contributed by atoms with E-state index in [1.807, 2.05) is 35.4 Å². The molecule has 0 amide bonds. The third kappa shape index (κ3) is 15.4. The number of hydrogen-bond acceptors (Lipinski definition) is 8. The van der Waals surface area contributed by atoms with Crippen molar-refractivity contribution in [3.8, 4) is 0 Å². The van der Waals surface area contributed by atoms with E-state index in [0.29, 0.717) is 52.5 Å². The Morgan fingerprint density at radius 1 is 0.438 bits per heavy atom. The predicted octanol–water partition coefficient (Wildman–Crippen LogP) is 7.02. The standard InChI is InChI=1S/C24H50O6S2/c1-7-15-25-23(11-5,26-16-8-2)29-19-13-21-31-32-22-14-20-30-24(12-6,27-17-9-3)28-18-10-4/h7-22H2,1-6H3. The molecule has 0 radical (unpaired) electrons. The van der Waals surface area contributed by atoms with Crippen molar-refractivity contribution in [2.75, 3.05) is 51.1 Å². The van der Waals surface area contributed by atoms with Gasteiger partial charge in [-0.05, 0) is 38.5 Å². The maximum Gasteiger partial charge on any atom is 0.282 e. The second kappa shape index (κ2) is 22.0. The SMILES string of the molecule is CCCOC(CC)(OCCC)OCCCSSCCCOC(CC)(OCCC)OCCC. The molecular weight excluding hydrogens is 448 g/mol. The lowest BCUT2D eigenvalue weighted by Crippen LogP contribution is -2.39. The molecule has 0 aliphatic heterocycles. The third-order valence-corrected chi connectivity index (χ3v) is 7.02. The van der Waals surface area contributed by atoms with Crippen LogP contribution in [-0.4, -0.2) is 63.1 Å². The topological polar surface area (TPSA) is 55.4 Å². The Morgan fingerprint density at radius 3 is 0.969 bits per heavy atom. The molecule has 0 N–H and O–H groups in total. The Kier molecular flexibility index (Phi) is 22.3. The van der Waals surface area contributed by atoms with Crippen LogP contribution in [0.15, 0.2) is 0 Å². The zero-order valence-electron chi connectivity index (χ0n) is 21.6.